The monoisotopic (exact) mass is 419 g/mol. The van der Waals surface area contributed by atoms with Gasteiger partial charge in [0.1, 0.15) is 5.75 Å². The molecule has 31 heavy (non-hydrogen) atoms. The second-order valence-corrected chi connectivity index (χ2v) is 8.16. The van der Waals surface area contributed by atoms with Gasteiger partial charge in [-0.1, -0.05) is 36.4 Å². The first-order chi connectivity index (χ1) is 15.0. The van der Waals surface area contributed by atoms with Crippen LogP contribution in [0.5, 0.6) is 5.75 Å². The van der Waals surface area contributed by atoms with Gasteiger partial charge in [0, 0.05) is 41.3 Å². The average molecular weight is 420 g/mol. The summed E-state index contributed by atoms with van der Waals surface area (Å²) in [6.07, 6.45) is 2.25. The molecule has 0 aliphatic carbocycles. The molecule has 0 spiro atoms. The minimum Gasteiger partial charge on any atom is -0.496 e. The van der Waals surface area contributed by atoms with Crippen LogP contribution in [0.4, 0.5) is 0 Å². The Morgan fingerprint density at radius 1 is 1.06 bits per heavy atom. The lowest BCUT2D eigenvalue weighted by Crippen LogP contribution is -2.47. The van der Waals surface area contributed by atoms with Crippen LogP contribution in [-0.2, 0) is 22.4 Å². The van der Waals surface area contributed by atoms with Crippen molar-refractivity contribution in [1.29, 1.82) is 0 Å². The number of ether oxygens (including phenoxy) is 1. The molecule has 162 valence electrons. The van der Waals surface area contributed by atoms with E-state index in [1.54, 1.807) is 7.11 Å². The van der Waals surface area contributed by atoms with E-state index in [2.05, 4.69) is 10.3 Å². The number of aryl methyl sites for hydroxylation is 1. The molecule has 1 fully saturated rings. The summed E-state index contributed by atoms with van der Waals surface area (Å²) >= 11 is 0. The maximum absolute atomic E-state index is 12.7. The standard InChI is InChI=1S/C25H29N3O3/c1-17-21(20-8-4-5-9-22(20)26-17)16-24(29)27-19-11-13-28(14-12-19)25(30)15-18-7-3-6-10-23(18)31-2/h3-10,19,26H,11-16H2,1-2H3,(H,27,29). The number of likely N-dealkylation sites (tertiary alicyclic amines) is 1. The molecule has 2 aromatic carbocycles. The maximum Gasteiger partial charge on any atom is 0.227 e. The van der Waals surface area contributed by atoms with Gasteiger partial charge in [0.15, 0.2) is 0 Å². The first-order valence-electron chi connectivity index (χ1n) is 10.8. The number of nitrogens with one attached hydrogen (secondary N) is 2. The van der Waals surface area contributed by atoms with Crippen LogP contribution in [-0.4, -0.2) is 47.9 Å². The number of carbonyl (C=O) groups excluding carboxylic acids is 2. The van der Waals surface area contributed by atoms with Crippen LogP contribution in [0.15, 0.2) is 48.5 Å². The lowest BCUT2D eigenvalue weighted by Gasteiger charge is -2.32. The molecular formula is C25H29N3O3. The zero-order valence-electron chi connectivity index (χ0n) is 18.1. The highest BCUT2D eigenvalue weighted by Gasteiger charge is 2.25. The summed E-state index contributed by atoms with van der Waals surface area (Å²) in [6, 6.07) is 15.8. The van der Waals surface area contributed by atoms with Crippen molar-refractivity contribution in [3.05, 3.63) is 65.4 Å². The number of amides is 2. The van der Waals surface area contributed by atoms with Gasteiger partial charge in [-0.15, -0.1) is 0 Å². The molecule has 0 saturated carbocycles. The number of para-hydroxylation sites is 2. The number of carbonyl (C=O) groups is 2. The Morgan fingerprint density at radius 3 is 2.55 bits per heavy atom. The summed E-state index contributed by atoms with van der Waals surface area (Å²) in [5.41, 5.74) is 4.05. The molecule has 4 rings (SSSR count). The minimum atomic E-state index is 0.0339. The number of methoxy groups -OCH3 is 1. The highest BCUT2D eigenvalue weighted by Crippen LogP contribution is 2.23. The SMILES string of the molecule is COc1ccccc1CC(=O)N1CCC(NC(=O)Cc2c(C)[nH]c3ccccc23)CC1. The Kier molecular flexibility index (Phi) is 6.26. The van der Waals surface area contributed by atoms with E-state index >= 15 is 0 Å². The maximum atomic E-state index is 12.7. The summed E-state index contributed by atoms with van der Waals surface area (Å²) in [5.74, 6) is 0.876. The third kappa shape index (κ3) is 4.74. The van der Waals surface area contributed by atoms with E-state index in [-0.39, 0.29) is 17.9 Å². The van der Waals surface area contributed by atoms with Gasteiger partial charge in [-0.05, 0) is 37.5 Å². The number of piperidine rings is 1. The van der Waals surface area contributed by atoms with Crippen LogP contribution < -0.4 is 10.1 Å². The van der Waals surface area contributed by atoms with Gasteiger partial charge in [0.05, 0.1) is 20.0 Å². The molecule has 2 amide bonds. The summed E-state index contributed by atoms with van der Waals surface area (Å²) < 4.78 is 5.35. The van der Waals surface area contributed by atoms with E-state index in [0.29, 0.717) is 25.9 Å². The molecule has 1 aromatic heterocycles. The number of H-pyrrole nitrogens is 1. The Hall–Kier alpha value is -3.28. The zero-order valence-corrected chi connectivity index (χ0v) is 18.1. The van der Waals surface area contributed by atoms with Crippen LogP contribution in [0.1, 0.15) is 29.7 Å². The van der Waals surface area contributed by atoms with Crippen LogP contribution >= 0.6 is 0 Å². The first kappa shape index (κ1) is 21.0. The van der Waals surface area contributed by atoms with Crippen LogP contribution in [0.2, 0.25) is 0 Å². The van der Waals surface area contributed by atoms with Crippen molar-refractivity contribution in [2.24, 2.45) is 0 Å². The first-order valence-corrected chi connectivity index (χ1v) is 10.8. The molecule has 2 heterocycles. The Morgan fingerprint density at radius 2 is 1.77 bits per heavy atom. The van der Waals surface area contributed by atoms with Crippen molar-refractivity contribution in [3.63, 3.8) is 0 Å². The predicted molar refractivity (Wildman–Crippen MR) is 121 cm³/mol. The second kappa shape index (κ2) is 9.25. The number of fused-ring (bicyclic) bond motifs is 1. The number of hydrogen-bond acceptors (Lipinski definition) is 3. The van der Waals surface area contributed by atoms with Crippen LogP contribution in [0.25, 0.3) is 10.9 Å². The van der Waals surface area contributed by atoms with Gasteiger partial charge in [-0.3, -0.25) is 9.59 Å². The molecule has 3 aromatic rings. The molecule has 6 heteroatoms. The molecule has 0 bridgehead atoms. The summed E-state index contributed by atoms with van der Waals surface area (Å²) in [7, 11) is 1.62. The summed E-state index contributed by atoms with van der Waals surface area (Å²) in [4.78, 5) is 30.6. The number of hydrogen-bond donors (Lipinski definition) is 2. The van der Waals surface area contributed by atoms with Crippen molar-refractivity contribution in [3.8, 4) is 5.75 Å². The van der Waals surface area contributed by atoms with Crippen molar-refractivity contribution >= 4 is 22.7 Å². The molecule has 0 radical (unpaired) electrons. The van der Waals surface area contributed by atoms with E-state index < -0.39 is 0 Å². The fraction of sp³-hybridized carbons (Fsp3) is 0.360. The minimum absolute atomic E-state index is 0.0339. The summed E-state index contributed by atoms with van der Waals surface area (Å²) in [5, 5.41) is 4.27. The quantitative estimate of drug-likeness (QED) is 0.643. The van der Waals surface area contributed by atoms with Crippen molar-refractivity contribution in [2.75, 3.05) is 20.2 Å². The van der Waals surface area contributed by atoms with Crippen LogP contribution in [0, 0.1) is 6.92 Å². The largest absolute Gasteiger partial charge is 0.496 e. The number of aromatic nitrogens is 1. The predicted octanol–water partition coefficient (Wildman–Crippen LogP) is 3.38. The van der Waals surface area contributed by atoms with Crippen molar-refractivity contribution in [1.82, 2.24) is 15.2 Å². The number of rotatable bonds is 6. The Bertz CT molecular complexity index is 1080. The molecule has 0 unspecified atom stereocenters. The van der Waals surface area contributed by atoms with Gasteiger partial charge < -0.3 is 19.9 Å². The molecule has 1 aliphatic heterocycles. The van der Waals surface area contributed by atoms with Gasteiger partial charge >= 0.3 is 0 Å². The van der Waals surface area contributed by atoms with E-state index in [0.717, 1.165) is 46.3 Å². The topological polar surface area (TPSA) is 74.4 Å². The number of benzene rings is 2. The average Bonchev–Trinajstić information content (AvgIpc) is 3.09. The third-order valence-corrected chi connectivity index (χ3v) is 6.11. The fourth-order valence-electron chi connectivity index (χ4n) is 4.40. The van der Waals surface area contributed by atoms with Gasteiger partial charge in [-0.2, -0.15) is 0 Å². The number of aromatic amines is 1. The Labute approximate surface area is 182 Å². The molecule has 6 nitrogen and oxygen atoms in total. The summed E-state index contributed by atoms with van der Waals surface area (Å²) in [6.45, 7) is 3.32. The van der Waals surface area contributed by atoms with Gasteiger partial charge in [-0.25, -0.2) is 0 Å². The van der Waals surface area contributed by atoms with Crippen molar-refractivity contribution in [2.45, 2.75) is 38.6 Å². The molecule has 1 saturated heterocycles. The zero-order chi connectivity index (χ0) is 21.8. The Balaban J connectivity index is 1.29. The van der Waals surface area contributed by atoms with E-state index in [9.17, 15) is 9.59 Å². The van der Waals surface area contributed by atoms with E-state index in [1.165, 1.54) is 0 Å². The lowest BCUT2D eigenvalue weighted by atomic mass is 10.0. The highest BCUT2D eigenvalue weighted by atomic mass is 16.5. The third-order valence-electron chi connectivity index (χ3n) is 6.11. The molecular weight excluding hydrogens is 390 g/mol. The van der Waals surface area contributed by atoms with Gasteiger partial charge in [0.2, 0.25) is 11.8 Å². The molecule has 2 N–H and O–H groups in total. The van der Waals surface area contributed by atoms with E-state index in [1.807, 2.05) is 60.4 Å². The number of nitrogens with zero attached hydrogens (tertiary/aromatic N) is 1. The molecule has 0 atom stereocenters. The van der Waals surface area contributed by atoms with Crippen molar-refractivity contribution < 1.29 is 14.3 Å². The highest BCUT2D eigenvalue weighted by molar-refractivity contribution is 5.90. The lowest BCUT2D eigenvalue weighted by molar-refractivity contribution is -0.131. The second-order valence-electron chi connectivity index (χ2n) is 8.16. The van der Waals surface area contributed by atoms with Crippen LogP contribution in [0.3, 0.4) is 0 Å². The van der Waals surface area contributed by atoms with E-state index in [4.69, 9.17) is 4.74 Å². The normalized spacial score (nSPS) is 14.6. The fourth-order valence-corrected chi connectivity index (χ4v) is 4.40. The smallest absolute Gasteiger partial charge is 0.227 e. The van der Waals surface area contributed by atoms with Gasteiger partial charge in [0.25, 0.3) is 0 Å². The molecule has 1 aliphatic rings.